The van der Waals surface area contributed by atoms with Crippen LogP contribution >= 0.6 is 0 Å². The van der Waals surface area contributed by atoms with Gasteiger partial charge in [0.15, 0.2) is 18.1 Å². The smallest absolute Gasteiger partial charge is 0.433 e. The van der Waals surface area contributed by atoms with Crippen LogP contribution in [-0.2, 0) is 9.53 Å². The SMILES string of the molecule is O=C(COC(=O)c1ccc([N+](=O)[O-])o1)Nc1ccc2c(c1)OCCCO2. The van der Waals surface area contributed by atoms with Gasteiger partial charge in [-0.05, 0) is 18.2 Å². The summed E-state index contributed by atoms with van der Waals surface area (Å²) in [5, 5.41) is 13.1. The highest BCUT2D eigenvalue weighted by Gasteiger charge is 2.19. The number of carbonyl (C=O) groups is 2. The number of furan rings is 1. The van der Waals surface area contributed by atoms with E-state index in [9.17, 15) is 19.7 Å². The van der Waals surface area contributed by atoms with Gasteiger partial charge in [-0.25, -0.2) is 4.79 Å². The number of anilines is 1. The highest BCUT2D eigenvalue weighted by molar-refractivity contribution is 5.94. The number of fused-ring (bicyclic) bond motifs is 1. The molecule has 1 aliphatic rings. The fourth-order valence-electron chi connectivity index (χ4n) is 2.18. The molecule has 136 valence electrons. The molecule has 0 fully saturated rings. The number of rotatable bonds is 5. The standard InChI is InChI=1S/C16H14N2O8/c19-14(9-25-16(20)12-4-5-15(26-12)18(21)22)17-10-2-3-11-13(8-10)24-7-1-6-23-11/h2-5,8H,1,6-7,9H2,(H,17,19). The van der Waals surface area contributed by atoms with Crippen LogP contribution < -0.4 is 14.8 Å². The van der Waals surface area contributed by atoms with E-state index in [1.807, 2.05) is 0 Å². The number of esters is 1. The summed E-state index contributed by atoms with van der Waals surface area (Å²) >= 11 is 0. The van der Waals surface area contributed by atoms with Crippen molar-refractivity contribution in [3.63, 3.8) is 0 Å². The first-order chi connectivity index (χ1) is 12.5. The van der Waals surface area contributed by atoms with Crippen LogP contribution in [0.2, 0.25) is 0 Å². The second-order valence-electron chi connectivity index (χ2n) is 5.23. The van der Waals surface area contributed by atoms with Gasteiger partial charge in [0, 0.05) is 18.2 Å². The maximum absolute atomic E-state index is 11.9. The number of ether oxygens (including phenoxy) is 3. The van der Waals surface area contributed by atoms with E-state index in [4.69, 9.17) is 18.6 Å². The first kappa shape index (κ1) is 17.3. The fourth-order valence-corrected chi connectivity index (χ4v) is 2.18. The maximum Gasteiger partial charge on any atom is 0.433 e. The van der Waals surface area contributed by atoms with E-state index in [1.165, 1.54) is 0 Å². The van der Waals surface area contributed by atoms with Crippen molar-refractivity contribution in [2.24, 2.45) is 0 Å². The molecule has 1 N–H and O–H groups in total. The van der Waals surface area contributed by atoms with E-state index in [1.54, 1.807) is 18.2 Å². The third kappa shape index (κ3) is 4.09. The molecule has 0 radical (unpaired) electrons. The van der Waals surface area contributed by atoms with Crippen molar-refractivity contribution in [2.75, 3.05) is 25.1 Å². The number of benzene rings is 1. The lowest BCUT2D eigenvalue weighted by atomic mass is 10.2. The topological polar surface area (TPSA) is 130 Å². The normalized spacial score (nSPS) is 12.8. The number of carbonyl (C=O) groups excluding carboxylic acids is 2. The first-order valence-electron chi connectivity index (χ1n) is 7.64. The molecule has 0 unspecified atom stereocenters. The average Bonchev–Trinajstić information content (AvgIpc) is 3.00. The molecule has 10 nitrogen and oxygen atoms in total. The Morgan fingerprint density at radius 2 is 1.92 bits per heavy atom. The molecular formula is C16H14N2O8. The summed E-state index contributed by atoms with van der Waals surface area (Å²) < 4.78 is 20.5. The molecule has 0 saturated carbocycles. The second kappa shape index (κ2) is 7.55. The Kier molecular flexibility index (Phi) is 5.02. The van der Waals surface area contributed by atoms with Crippen LogP contribution in [-0.4, -0.2) is 36.6 Å². The predicted octanol–water partition coefficient (Wildman–Crippen LogP) is 2.14. The maximum atomic E-state index is 11.9. The van der Waals surface area contributed by atoms with Crippen LogP contribution in [0.25, 0.3) is 0 Å². The summed E-state index contributed by atoms with van der Waals surface area (Å²) in [6.45, 7) is 0.485. The van der Waals surface area contributed by atoms with E-state index in [0.717, 1.165) is 18.6 Å². The lowest BCUT2D eigenvalue weighted by Gasteiger charge is -2.10. The van der Waals surface area contributed by atoms with E-state index in [-0.39, 0.29) is 5.76 Å². The van der Waals surface area contributed by atoms with Crippen LogP contribution in [0.1, 0.15) is 17.0 Å². The van der Waals surface area contributed by atoms with E-state index in [2.05, 4.69) is 5.32 Å². The van der Waals surface area contributed by atoms with Crippen molar-refractivity contribution < 1.29 is 33.1 Å². The Morgan fingerprint density at radius 1 is 1.15 bits per heavy atom. The van der Waals surface area contributed by atoms with Gasteiger partial charge < -0.3 is 23.9 Å². The Balaban J connectivity index is 1.54. The van der Waals surface area contributed by atoms with Gasteiger partial charge in [-0.2, -0.15) is 0 Å². The number of hydrogen-bond acceptors (Lipinski definition) is 8. The van der Waals surface area contributed by atoms with Crippen molar-refractivity contribution in [1.29, 1.82) is 0 Å². The molecular weight excluding hydrogens is 348 g/mol. The van der Waals surface area contributed by atoms with Gasteiger partial charge in [0.25, 0.3) is 5.91 Å². The third-order valence-electron chi connectivity index (χ3n) is 3.34. The van der Waals surface area contributed by atoms with E-state index >= 15 is 0 Å². The highest BCUT2D eigenvalue weighted by atomic mass is 16.7. The molecule has 1 amide bonds. The summed E-state index contributed by atoms with van der Waals surface area (Å²) in [5.74, 6) is -1.42. The number of amides is 1. The van der Waals surface area contributed by atoms with Gasteiger partial charge in [-0.1, -0.05) is 0 Å². The Labute approximate surface area is 146 Å². The van der Waals surface area contributed by atoms with Crippen molar-refractivity contribution in [2.45, 2.75) is 6.42 Å². The van der Waals surface area contributed by atoms with Crippen LogP contribution in [0.4, 0.5) is 11.6 Å². The van der Waals surface area contributed by atoms with E-state index in [0.29, 0.717) is 30.4 Å². The minimum atomic E-state index is -0.980. The van der Waals surface area contributed by atoms with Crippen LogP contribution in [0, 0.1) is 10.1 Å². The van der Waals surface area contributed by atoms with Gasteiger partial charge >= 0.3 is 11.9 Å². The molecule has 0 aliphatic carbocycles. The summed E-state index contributed by atoms with van der Waals surface area (Å²) in [6.07, 6.45) is 0.761. The number of nitrogens with one attached hydrogen (secondary N) is 1. The third-order valence-corrected chi connectivity index (χ3v) is 3.34. The van der Waals surface area contributed by atoms with Gasteiger partial charge in [0.2, 0.25) is 5.76 Å². The average molecular weight is 362 g/mol. The molecule has 0 atom stereocenters. The molecule has 0 spiro atoms. The summed E-state index contributed by atoms with van der Waals surface area (Å²) in [4.78, 5) is 33.3. The summed E-state index contributed by atoms with van der Waals surface area (Å²) in [5.41, 5.74) is 0.448. The molecule has 10 heteroatoms. The van der Waals surface area contributed by atoms with Gasteiger partial charge in [0.05, 0.1) is 19.3 Å². The molecule has 2 heterocycles. The Morgan fingerprint density at radius 3 is 2.65 bits per heavy atom. The molecule has 1 aromatic carbocycles. The summed E-state index contributed by atoms with van der Waals surface area (Å²) in [6, 6.07) is 7.03. The molecule has 2 aromatic rings. The zero-order valence-electron chi connectivity index (χ0n) is 13.4. The number of hydrogen-bond donors (Lipinski definition) is 1. The molecule has 0 bridgehead atoms. The van der Waals surface area contributed by atoms with Crippen LogP contribution in [0.15, 0.2) is 34.7 Å². The minimum Gasteiger partial charge on any atom is -0.490 e. The monoisotopic (exact) mass is 362 g/mol. The van der Waals surface area contributed by atoms with Gasteiger partial charge in [0.1, 0.15) is 4.92 Å². The first-order valence-corrected chi connectivity index (χ1v) is 7.64. The lowest BCUT2D eigenvalue weighted by Crippen LogP contribution is -2.20. The van der Waals surface area contributed by atoms with Crippen LogP contribution in [0.5, 0.6) is 11.5 Å². The quantitative estimate of drug-likeness (QED) is 0.486. The zero-order valence-corrected chi connectivity index (χ0v) is 13.4. The largest absolute Gasteiger partial charge is 0.490 e. The van der Waals surface area contributed by atoms with Gasteiger partial charge in [-0.15, -0.1) is 0 Å². The predicted molar refractivity (Wildman–Crippen MR) is 86.3 cm³/mol. The van der Waals surface area contributed by atoms with Crippen molar-refractivity contribution in [1.82, 2.24) is 0 Å². The second-order valence-corrected chi connectivity index (χ2v) is 5.23. The number of nitrogens with zero attached hydrogens (tertiary/aromatic N) is 1. The number of nitro groups is 1. The van der Waals surface area contributed by atoms with Crippen molar-refractivity contribution in [3.8, 4) is 11.5 Å². The van der Waals surface area contributed by atoms with Crippen LogP contribution in [0.3, 0.4) is 0 Å². The summed E-state index contributed by atoms with van der Waals surface area (Å²) in [7, 11) is 0. The fraction of sp³-hybridized carbons (Fsp3) is 0.250. The zero-order chi connectivity index (χ0) is 18.5. The molecule has 26 heavy (non-hydrogen) atoms. The van der Waals surface area contributed by atoms with Crippen molar-refractivity contribution in [3.05, 3.63) is 46.2 Å². The minimum absolute atomic E-state index is 0.361. The molecule has 0 saturated heterocycles. The molecule has 3 rings (SSSR count). The Hall–Kier alpha value is -3.56. The van der Waals surface area contributed by atoms with Crippen molar-refractivity contribution >= 4 is 23.4 Å². The molecule has 1 aromatic heterocycles. The molecule has 1 aliphatic heterocycles. The van der Waals surface area contributed by atoms with Gasteiger partial charge in [-0.3, -0.25) is 14.9 Å². The highest BCUT2D eigenvalue weighted by Crippen LogP contribution is 2.32. The Bertz CT molecular complexity index is 845. The van der Waals surface area contributed by atoms with E-state index < -0.39 is 29.3 Å². The lowest BCUT2D eigenvalue weighted by molar-refractivity contribution is -0.402.